The number of rotatable bonds is 5. The Balaban J connectivity index is 1.20. The topological polar surface area (TPSA) is 49.2 Å². The highest BCUT2D eigenvalue weighted by Crippen LogP contribution is 2.30. The lowest BCUT2D eigenvalue weighted by molar-refractivity contribution is 0.0826. The highest BCUT2D eigenvalue weighted by atomic mass is 19.1. The number of aromatic nitrogens is 3. The molecule has 0 bridgehead atoms. The summed E-state index contributed by atoms with van der Waals surface area (Å²) in [5.41, 5.74) is 1.75. The summed E-state index contributed by atoms with van der Waals surface area (Å²) < 4.78 is 16.4. The molecule has 1 aliphatic carbocycles. The number of pyridine rings is 1. The summed E-state index contributed by atoms with van der Waals surface area (Å²) in [6.07, 6.45) is 10.4. The van der Waals surface area contributed by atoms with Crippen LogP contribution < -0.4 is 5.32 Å². The van der Waals surface area contributed by atoms with Gasteiger partial charge in [-0.3, -0.25) is 9.58 Å². The van der Waals surface area contributed by atoms with Gasteiger partial charge in [0, 0.05) is 69.2 Å². The van der Waals surface area contributed by atoms with Crippen LogP contribution in [0.15, 0.2) is 36.8 Å². The monoisotopic (exact) mass is 436 g/mol. The summed E-state index contributed by atoms with van der Waals surface area (Å²) in [4.78, 5) is 9.60. The van der Waals surface area contributed by atoms with Gasteiger partial charge in [0.2, 0.25) is 0 Å². The van der Waals surface area contributed by atoms with E-state index >= 15 is 0 Å². The molecule has 2 aromatic heterocycles. The van der Waals surface area contributed by atoms with Gasteiger partial charge in [-0.25, -0.2) is 9.37 Å². The first-order valence-corrected chi connectivity index (χ1v) is 11.8. The molecule has 0 radical (unpaired) electrons. The lowest BCUT2D eigenvalue weighted by Gasteiger charge is -2.41. The number of fused-ring (bicyclic) bond motifs is 1. The van der Waals surface area contributed by atoms with Crippen LogP contribution in [0.1, 0.15) is 25.7 Å². The van der Waals surface area contributed by atoms with Crippen molar-refractivity contribution in [1.29, 1.82) is 0 Å². The number of benzene rings is 1. The second kappa shape index (κ2) is 9.16. The number of nitrogens with one attached hydrogen (secondary N) is 1. The molecule has 0 spiro atoms. The van der Waals surface area contributed by atoms with Gasteiger partial charge in [-0.1, -0.05) is 0 Å². The molecule has 5 rings (SSSR count). The fourth-order valence-corrected chi connectivity index (χ4v) is 5.20. The molecule has 1 saturated carbocycles. The van der Waals surface area contributed by atoms with Gasteiger partial charge in [-0.2, -0.15) is 5.10 Å². The average molecular weight is 437 g/mol. The Morgan fingerprint density at radius 1 is 0.969 bits per heavy atom. The van der Waals surface area contributed by atoms with Gasteiger partial charge in [0.1, 0.15) is 11.6 Å². The SMILES string of the molecule is CN1CCN(C2CCC(CNc3cc4cc(-c5cnn(C)c5)cc(F)c4cn3)CC2)CC1. The first kappa shape index (κ1) is 21.3. The van der Waals surface area contributed by atoms with Gasteiger partial charge >= 0.3 is 0 Å². The smallest absolute Gasteiger partial charge is 0.133 e. The second-order valence-corrected chi connectivity index (χ2v) is 9.55. The van der Waals surface area contributed by atoms with E-state index in [1.54, 1.807) is 23.1 Å². The van der Waals surface area contributed by atoms with E-state index in [0.717, 1.165) is 34.9 Å². The van der Waals surface area contributed by atoms with Crippen LogP contribution in [0.3, 0.4) is 0 Å². The molecule has 7 heteroatoms. The third kappa shape index (κ3) is 4.64. The van der Waals surface area contributed by atoms with Crippen LogP contribution in [0, 0.1) is 11.7 Å². The molecule has 1 aromatic carbocycles. The molecule has 32 heavy (non-hydrogen) atoms. The highest BCUT2D eigenvalue weighted by molar-refractivity contribution is 5.88. The predicted molar refractivity (Wildman–Crippen MR) is 127 cm³/mol. The van der Waals surface area contributed by atoms with Crippen LogP contribution in [0.25, 0.3) is 21.9 Å². The Morgan fingerprint density at radius 3 is 2.47 bits per heavy atom. The summed E-state index contributed by atoms with van der Waals surface area (Å²) in [5, 5.41) is 9.14. The van der Waals surface area contributed by atoms with E-state index in [0.29, 0.717) is 11.3 Å². The first-order chi connectivity index (χ1) is 15.5. The molecule has 170 valence electrons. The fraction of sp³-hybridized carbons (Fsp3) is 0.520. The van der Waals surface area contributed by atoms with E-state index in [-0.39, 0.29) is 5.82 Å². The van der Waals surface area contributed by atoms with Crippen molar-refractivity contribution in [2.45, 2.75) is 31.7 Å². The number of halogens is 1. The Kier molecular flexibility index (Phi) is 6.11. The van der Waals surface area contributed by atoms with E-state index in [1.807, 2.05) is 25.4 Å². The lowest BCUT2D eigenvalue weighted by atomic mass is 9.85. The van der Waals surface area contributed by atoms with Crippen molar-refractivity contribution in [1.82, 2.24) is 24.6 Å². The number of hydrogen-bond acceptors (Lipinski definition) is 5. The molecule has 3 heterocycles. The van der Waals surface area contributed by atoms with Crippen LogP contribution >= 0.6 is 0 Å². The Hall–Kier alpha value is -2.51. The maximum atomic E-state index is 14.7. The standard InChI is InChI=1S/C25H33FN6/c1-30-7-9-32(10-8-30)22-5-3-18(4-6-22)14-27-25-13-20-11-19(21-15-29-31(2)17-21)12-24(26)23(20)16-28-25/h11-13,15-18,22H,3-10,14H2,1-2H3,(H,27,28). The number of anilines is 1. The average Bonchev–Trinajstić information content (AvgIpc) is 3.25. The minimum atomic E-state index is -0.248. The number of aryl methyl sites for hydroxylation is 1. The van der Waals surface area contributed by atoms with Gasteiger partial charge < -0.3 is 10.2 Å². The van der Waals surface area contributed by atoms with Crippen molar-refractivity contribution in [3.63, 3.8) is 0 Å². The summed E-state index contributed by atoms with van der Waals surface area (Å²) in [7, 11) is 4.08. The largest absolute Gasteiger partial charge is 0.370 e. The zero-order valence-corrected chi connectivity index (χ0v) is 19.1. The molecule has 1 aliphatic heterocycles. The molecular weight excluding hydrogens is 403 g/mol. The maximum Gasteiger partial charge on any atom is 0.133 e. The molecule has 0 atom stereocenters. The third-order valence-corrected chi connectivity index (χ3v) is 7.27. The van der Waals surface area contributed by atoms with Crippen molar-refractivity contribution in [2.24, 2.45) is 13.0 Å². The summed E-state index contributed by atoms with van der Waals surface area (Å²) in [6.45, 7) is 5.74. The molecule has 0 amide bonds. The van der Waals surface area contributed by atoms with Crippen LogP contribution in [-0.2, 0) is 7.05 Å². The van der Waals surface area contributed by atoms with Crippen molar-refractivity contribution >= 4 is 16.6 Å². The highest BCUT2D eigenvalue weighted by Gasteiger charge is 2.27. The fourth-order valence-electron chi connectivity index (χ4n) is 5.20. The molecule has 1 saturated heterocycles. The minimum Gasteiger partial charge on any atom is -0.370 e. The summed E-state index contributed by atoms with van der Waals surface area (Å²) >= 11 is 0. The quantitative estimate of drug-likeness (QED) is 0.655. The lowest BCUT2D eigenvalue weighted by Crippen LogP contribution is -2.50. The number of hydrogen-bond donors (Lipinski definition) is 1. The number of nitrogens with zero attached hydrogens (tertiary/aromatic N) is 5. The van der Waals surface area contributed by atoms with Gasteiger partial charge in [-0.05, 0) is 67.8 Å². The van der Waals surface area contributed by atoms with Crippen LogP contribution in [0.4, 0.5) is 10.2 Å². The Morgan fingerprint density at radius 2 is 1.75 bits per heavy atom. The van der Waals surface area contributed by atoms with Crippen molar-refractivity contribution < 1.29 is 4.39 Å². The predicted octanol–water partition coefficient (Wildman–Crippen LogP) is 3.99. The van der Waals surface area contributed by atoms with E-state index in [4.69, 9.17) is 0 Å². The second-order valence-electron chi connectivity index (χ2n) is 9.55. The molecular formula is C25H33FN6. The molecule has 2 fully saturated rings. The van der Waals surface area contributed by atoms with Crippen molar-refractivity contribution in [3.05, 3.63) is 42.6 Å². The van der Waals surface area contributed by atoms with Crippen LogP contribution in [-0.4, -0.2) is 70.4 Å². The van der Waals surface area contributed by atoms with Crippen LogP contribution in [0.5, 0.6) is 0 Å². The van der Waals surface area contributed by atoms with Gasteiger partial charge in [0.25, 0.3) is 0 Å². The van der Waals surface area contributed by atoms with E-state index in [1.165, 1.54) is 51.9 Å². The zero-order chi connectivity index (χ0) is 22.1. The van der Waals surface area contributed by atoms with Gasteiger partial charge in [0.05, 0.1) is 6.20 Å². The third-order valence-electron chi connectivity index (χ3n) is 7.27. The Bertz CT molecular complexity index is 1060. The Labute approximate surface area is 189 Å². The van der Waals surface area contributed by atoms with Gasteiger partial charge in [0.15, 0.2) is 0 Å². The molecule has 0 unspecified atom stereocenters. The van der Waals surface area contributed by atoms with Gasteiger partial charge in [-0.15, -0.1) is 0 Å². The normalized spacial score (nSPS) is 23.0. The first-order valence-electron chi connectivity index (χ1n) is 11.8. The number of piperazine rings is 1. The van der Waals surface area contributed by atoms with E-state index < -0.39 is 0 Å². The number of likely N-dealkylation sites (N-methyl/N-ethyl adjacent to an activating group) is 1. The summed E-state index contributed by atoms with van der Waals surface area (Å²) in [6, 6.07) is 6.30. The molecule has 6 nitrogen and oxygen atoms in total. The molecule has 2 aliphatic rings. The minimum absolute atomic E-state index is 0.248. The zero-order valence-electron chi connectivity index (χ0n) is 19.1. The summed E-state index contributed by atoms with van der Waals surface area (Å²) in [5.74, 6) is 1.25. The molecule has 1 N–H and O–H groups in total. The van der Waals surface area contributed by atoms with E-state index in [2.05, 4.69) is 32.2 Å². The van der Waals surface area contributed by atoms with Crippen LogP contribution in [0.2, 0.25) is 0 Å². The van der Waals surface area contributed by atoms with Crippen molar-refractivity contribution in [2.75, 3.05) is 45.1 Å². The maximum absolute atomic E-state index is 14.7. The molecule has 3 aromatic rings. The van der Waals surface area contributed by atoms with E-state index in [9.17, 15) is 4.39 Å². The van der Waals surface area contributed by atoms with Crippen molar-refractivity contribution in [3.8, 4) is 11.1 Å².